The highest BCUT2D eigenvalue weighted by Crippen LogP contribution is 2.17. The van der Waals surface area contributed by atoms with Crippen LogP contribution >= 0.6 is 11.3 Å². The summed E-state index contributed by atoms with van der Waals surface area (Å²) in [4.78, 5) is 8.00. The molecule has 3 nitrogen and oxygen atoms in total. The van der Waals surface area contributed by atoms with E-state index in [9.17, 15) is 0 Å². The van der Waals surface area contributed by atoms with Gasteiger partial charge in [0, 0.05) is 18.0 Å². The molecule has 1 aliphatic heterocycles. The number of hydrogen-bond donors (Lipinski definition) is 1. The van der Waals surface area contributed by atoms with Crippen molar-refractivity contribution in [1.29, 1.82) is 0 Å². The van der Waals surface area contributed by atoms with E-state index in [-0.39, 0.29) is 0 Å². The summed E-state index contributed by atoms with van der Waals surface area (Å²) >= 11 is 1.76. The maximum absolute atomic E-state index is 6.05. The molecule has 1 unspecified atom stereocenters. The first-order valence-electron chi connectivity index (χ1n) is 6.24. The van der Waals surface area contributed by atoms with Crippen LogP contribution in [0, 0.1) is 12.8 Å². The Morgan fingerprint density at radius 2 is 2.47 bits per heavy atom. The predicted octanol–water partition coefficient (Wildman–Crippen LogP) is 2.60. The molecule has 0 aromatic carbocycles. The number of rotatable bonds is 2. The first-order valence-corrected chi connectivity index (χ1v) is 7.12. The lowest BCUT2D eigenvalue weighted by Gasteiger charge is -2.31. The van der Waals surface area contributed by atoms with Crippen molar-refractivity contribution in [2.24, 2.45) is 16.6 Å². The largest absolute Gasteiger partial charge is 0.370 e. The minimum Gasteiger partial charge on any atom is -0.370 e. The zero-order valence-electron chi connectivity index (χ0n) is 10.6. The second-order valence-corrected chi connectivity index (χ2v) is 5.95. The van der Waals surface area contributed by atoms with E-state index < -0.39 is 0 Å². The normalized spacial score (nSPS) is 21.9. The highest BCUT2D eigenvalue weighted by molar-refractivity contribution is 7.10. The van der Waals surface area contributed by atoms with Gasteiger partial charge in [0.25, 0.3) is 0 Å². The van der Waals surface area contributed by atoms with Crippen molar-refractivity contribution in [3.8, 4) is 0 Å². The van der Waals surface area contributed by atoms with Crippen LogP contribution in [0.15, 0.2) is 16.4 Å². The van der Waals surface area contributed by atoms with Gasteiger partial charge in [0.1, 0.15) is 0 Å². The van der Waals surface area contributed by atoms with Crippen LogP contribution in [0.5, 0.6) is 0 Å². The summed E-state index contributed by atoms with van der Waals surface area (Å²) in [6.45, 7) is 7.22. The second-order valence-electron chi connectivity index (χ2n) is 4.96. The Bertz CT molecular complexity index is 397. The van der Waals surface area contributed by atoms with Gasteiger partial charge in [-0.15, -0.1) is 11.3 Å². The summed E-state index contributed by atoms with van der Waals surface area (Å²) in [5.41, 5.74) is 7.36. The van der Waals surface area contributed by atoms with Gasteiger partial charge in [0.15, 0.2) is 5.96 Å². The van der Waals surface area contributed by atoms with Gasteiger partial charge in [-0.25, -0.2) is 4.99 Å². The molecule has 0 radical (unpaired) electrons. The van der Waals surface area contributed by atoms with Crippen molar-refractivity contribution < 1.29 is 0 Å². The first kappa shape index (κ1) is 12.4. The molecule has 1 aromatic heterocycles. The monoisotopic (exact) mass is 251 g/mol. The number of nitrogens with zero attached hydrogens (tertiary/aromatic N) is 2. The molecule has 0 spiro atoms. The van der Waals surface area contributed by atoms with Crippen LogP contribution in [0.4, 0.5) is 0 Å². The van der Waals surface area contributed by atoms with Crippen LogP contribution in [0.3, 0.4) is 0 Å². The number of aliphatic imine (C=N–C) groups is 1. The Labute approximate surface area is 107 Å². The molecule has 2 N–H and O–H groups in total. The van der Waals surface area contributed by atoms with Gasteiger partial charge < -0.3 is 10.6 Å². The predicted molar refractivity (Wildman–Crippen MR) is 74.4 cm³/mol. The maximum Gasteiger partial charge on any atom is 0.191 e. The molecule has 1 saturated heterocycles. The number of likely N-dealkylation sites (tertiary alicyclic amines) is 1. The van der Waals surface area contributed by atoms with Crippen molar-refractivity contribution in [1.82, 2.24) is 4.90 Å². The van der Waals surface area contributed by atoms with Crippen molar-refractivity contribution >= 4 is 17.3 Å². The minimum absolute atomic E-state index is 0.711. The molecule has 4 heteroatoms. The van der Waals surface area contributed by atoms with Gasteiger partial charge in [-0.1, -0.05) is 6.92 Å². The van der Waals surface area contributed by atoms with Gasteiger partial charge >= 0.3 is 0 Å². The third kappa shape index (κ3) is 3.46. The van der Waals surface area contributed by atoms with Gasteiger partial charge in [-0.2, -0.15) is 0 Å². The van der Waals surface area contributed by atoms with Gasteiger partial charge in [-0.3, -0.25) is 0 Å². The Kier molecular flexibility index (Phi) is 4.05. The third-order valence-electron chi connectivity index (χ3n) is 3.16. The SMILES string of the molecule is Cc1csc(CN=C(N)N2CCCC(C)C2)c1. The van der Waals surface area contributed by atoms with Crippen LogP contribution in [0.2, 0.25) is 0 Å². The van der Waals surface area contributed by atoms with Crippen molar-refractivity contribution in [3.05, 3.63) is 21.9 Å². The minimum atomic E-state index is 0.711. The van der Waals surface area contributed by atoms with Crippen LogP contribution in [0.1, 0.15) is 30.2 Å². The molecule has 2 rings (SSSR count). The Morgan fingerprint density at radius 1 is 1.65 bits per heavy atom. The Morgan fingerprint density at radius 3 is 3.12 bits per heavy atom. The molecule has 0 aliphatic carbocycles. The van der Waals surface area contributed by atoms with Crippen molar-refractivity contribution in [3.63, 3.8) is 0 Å². The smallest absolute Gasteiger partial charge is 0.191 e. The summed E-state index contributed by atoms with van der Waals surface area (Å²) in [7, 11) is 0. The van der Waals surface area contributed by atoms with Crippen molar-refractivity contribution in [2.75, 3.05) is 13.1 Å². The van der Waals surface area contributed by atoms with E-state index in [0.29, 0.717) is 5.96 Å². The second kappa shape index (κ2) is 5.54. The zero-order chi connectivity index (χ0) is 12.3. The molecule has 1 aromatic rings. The maximum atomic E-state index is 6.05. The fourth-order valence-corrected chi connectivity index (χ4v) is 3.03. The molecule has 94 valence electrons. The zero-order valence-corrected chi connectivity index (χ0v) is 11.5. The molecule has 17 heavy (non-hydrogen) atoms. The average molecular weight is 251 g/mol. The van der Waals surface area contributed by atoms with Gasteiger partial charge in [-0.05, 0) is 42.7 Å². The lowest BCUT2D eigenvalue weighted by atomic mass is 10.0. The summed E-state index contributed by atoms with van der Waals surface area (Å²) < 4.78 is 0. The summed E-state index contributed by atoms with van der Waals surface area (Å²) in [5, 5.41) is 2.16. The van der Waals surface area contributed by atoms with E-state index in [1.165, 1.54) is 23.3 Å². The molecule has 1 aliphatic rings. The number of nitrogens with two attached hydrogens (primary N) is 1. The number of piperidine rings is 1. The van der Waals surface area contributed by atoms with Crippen molar-refractivity contribution in [2.45, 2.75) is 33.2 Å². The van der Waals surface area contributed by atoms with E-state index in [2.05, 4.69) is 35.2 Å². The van der Waals surface area contributed by atoms with E-state index in [4.69, 9.17) is 5.73 Å². The molecule has 0 bridgehead atoms. The Balaban J connectivity index is 1.92. The molecule has 2 heterocycles. The standard InChI is InChI=1S/C13H21N3S/c1-10-4-3-5-16(8-10)13(14)15-7-12-6-11(2)9-17-12/h6,9-10H,3-5,7-8H2,1-2H3,(H2,14,15). The third-order valence-corrected chi connectivity index (χ3v) is 4.20. The topological polar surface area (TPSA) is 41.6 Å². The molecule has 0 amide bonds. The fourth-order valence-electron chi connectivity index (χ4n) is 2.23. The molecular formula is C13H21N3S. The molecule has 1 atom stereocenters. The number of aryl methyl sites for hydroxylation is 1. The highest BCUT2D eigenvalue weighted by Gasteiger charge is 2.17. The van der Waals surface area contributed by atoms with Crippen LogP contribution in [-0.4, -0.2) is 23.9 Å². The quantitative estimate of drug-likeness (QED) is 0.648. The molecular weight excluding hydrogens is 230 g/mol. The molecule has 1 fully saturated rings. The van der Waals surface area contributed by atoms with E-state index in [1.807, 2.05) is 0 Å². The number of hydrogen-bond acceptors (Lipinski definition) is 2. The lowest BCUT2D eigenvalue weighted by molar-refractivity contribution is 0.270. The van der Waals surface area contributed by atoms with Gasteiger partial charge in [0.2, 0.25) is 0 Å². The first-order chi connectivity index (χ1) is 8.15. The van der Waals surface area contributed by atoms with E-state index >= 15 is 0 Å². The van der Waals surface area contributed by atoms with Crippen LogP contribution in [-0.2, 0) is 6.54 Å². The number of guanidine groups is 1. The average Bonchev–Trinajstić information content (AvgIpc) is 2.72. The fraction of sp³-hybridized carbons (Fsp3) is 0.615. The summed E-state index contributed by atoms with van der Waals surface area (Å²) in [5.74, 6) is 1.45. The molecule has 0 saturated carbocycles. The highest BCUT2D eigenvalue weighted by atomic mass is 32.1. The Hall–Kier alpha value is -1.03. The van der Waals surface area contributed by atoms with Crippen LogP contribution < -0.4 is 5.73 Å². The summed E-state index contributed by atoms with van der Waals surface area (Å²) in [6.07, 6.45) is 2.55. The number of thiophene rings is 1. The lowest BCUT2D eigenvalue weighted by Crippen LogP contribution is -2.43. The van der Waals surface area contributed by atoms with E-state index in [1.54, 1.807) is 11.3 Å². The summed E-state index contributed by atoms with van der Waals surface area (Å²) in [6, 6.07) is 2.18. The van der Waals surface area contributed by atoms with E-state index in [0.717, 1.165) is 25.6 Å². The van der Waals surface area contributed by atoms with Gasteiger partial charge in [0.05, 0.1) is 6.54 Å². The van der Waals surface area contributed by atoms with Crippen LogP contribution in [0.25, 0.3) is 0 Å².